The van der Waals surface area contributed by atoms with Gasteiger partial charge in [-0.05, 0) is 0 Å². The van der Waals surface area contributed by atoms with E-state index in [0.29, 0.717) is 17.6 Å². The van der Waals surface area contributed by atoms with Crippen LogP contribution >= 0.6 is 0 Å². The van der Waals surface area contributed by atoms with Crippen molar-refractivity contribution in [2.24, 2.45) is 0 Å². The van der Waals surface area contributed by atoms with Crippen LogP contribution in [-0.2, 0) is 0 Å². The van der Waals surface area contributed by atoms with Crippen molar-refractivity contribution < 1.29 is 0 Å². The number of rotatable bonds is 8. The van der Waals surface area contributed by atoms with Crippen molar-refractivity contribution in [3.05, 3.63) is 237 Å². The van der Waals surface area contributed by atoms with Crippen LogP contribution in [0.2, 0.25) is 0 Å². The van der Waals surface area contributed by atoms with Crippen molar-refractivity contribution in [2.45, 2.75) is 0 Å². The van der Waals surface area contributed by atoms with Crippen molar-refractivity contribution in [2.75, 3.05) is 0 Å². The second kappa shape index (κ2) is 15.2. The Kier molecular flexibility index (Phi) is 8.94. The predicted octanol–water partition coefficient (Wildman–Crippen LogP) is 10.8. The summed E-state index contributed by atoms with van der Waals surface area (Å²) in [6, 6.07) is 85.2. The third kappa shape index (κ3) is 6.04. The van der Waals surface area contributed by atoms with Crippen LogP contribution in [0.4, 0.5) is 0 Å². The zero-order valence-corrected chi connectivity index (χ0v) is 36.4. The molecule has 0 bridgehead atoms. The minimum absolute atomic E-state index is 0.571. The molecule has 0 N–H and O–H groups in total. The molecule has 12 aromatic rings. The normalized spacial score (nSPS) is 11.8. The van der Waals surface area contributed by atoms with Crippen LogP contribution in [0, 0.1) is 0 Å². The number of fused-ring (bicyclic) bond motifs is 6. The summed E-state index contributed by atoms with van der Waals surface area (Å²) >= 11 is -3.62. The molecule has 9 aromatic carbocycles. The molecule has 3 heterocycles. The molecule has 0 unspecified atom stereocenters. The molecule has 0 fully saturated rings. The zero-order valence-electron chi connectivity index (χ0n) is 34.3. The van der Waals surface area contributed by atoms with Gasteiger partial charge in [0.05, 0.1) is 0 Å². The van der Waals surface area contributed by atoms with Gasteiger partial charge < -0.3 is 0 Å². The van der Waals surface area contributed by atoms with Gasteiger partial charge in [0, 0.05) is 0 Å². The summed E-state index contributed by atoms with van der Waals surface area (Å²) in [6.45, 7) is 0. The summed E-state index contributed by atoms with van der Waals surface area (Å²) in [7, 11) is 0. The predicted molar refractivity (Wildman–Crippen MR) is 263 cm³/mol. The Morgan fingerprint density at radius 2 is 0.651 bits per heavy atom. The number of nitrogens with zero attached hydrogens (tertiary/aromatic N) is 5. The Balaban J connectivity index is 1.11. The molecule has 63 heavy (non-hydrogen) atoms. The van der Waals surface area contributed by atoms with E-state index in [0.717, 1.165) is 49.7 Å². The fourth-order valence-electron chi connectivity index (χ4n) is 9.80. The molecule has 0 aliphatic heterocycles. The van der Waals surface area contributed by atoms with Crippen LogP contribution in [-0.4, -0.2) is 37.4 Å². The molecular formula is C57H39GeN5. The van der Waals surface area contributed by atoms with Gasteiger partial charge in [0.2, 0.25) is 0 Å². The van der Waals surface area contributed by atoms with Crippen molar-refractivity contribution in [1.29, 1.82) is 0 Å². The van der Waals surface area contributed by atoms with E-state index in [1.807, 2.05) is 0 Å². The molecule has 0 saturated heterocycles. The SMILES string of the molecule is c1cc[c]([Ge]([c]2ccccc2)([c]2ccccc2)[c]2cccc(-c3nc(-c4cccc(-n5c6ccccc6c6ccccc65)c4)nc(-n4c5ccccc5c5ccccc54)n3)c2)cc1. The third-order valence-electron chi connectivity index (χ3n) is 12.5. The molecule has 3 aromatic heterocycles. The van der Waals surface area contributed by atoms with E-state index in [-0.39, 0.29) is 0 Å². The second-order valence-electron chi connectivity index (χ2n) is 16.0. The standard InChI is InChI=1S/C57H39GeN5/c1-4-22-42(23-5-1)58(43-24-6-2-7-25-43,44-26-8-3-9-27-44)45-28-18-20-40(38-45)55-59-56(61-57(60-55)63-53-36-16-12-32-49(53)50-33-13-17-37-54(50)63)41-21-19-29-46(39-41)62-51-34-14-10-30-47(51)48-31-11-15-35-52(48)62/h1-39H. The quantitative estimate of drug-likeness (QED) is 0.143. The van der Waals surface area contributed by atoms with E-state index in [4.69, 9.17) is 15.0 Å². The number of aromatic nitrogens is 5. The summed E-state index contributed by atoms with van der Waals surface area (Å²) in [5.41, 5.74) is 7.27. The van der Waals surface area contributed by atoms with Crippen LogP contribution in [0.25, 0.3) is 78.0 Å². The van der Waals surface area contributed by atoms with E-state index in [1.165, 1.54) is 28.4 Å². The van der Waals surface area contributed by atoms with Crippen LogP contribution in [0.15, 0.2) is 237 Å². The first-order valence-electron chi connectivity index (χ1n) is 21.4. The van der Waals surface area contributed by atoms with Crippen molar-refractivity contribution in [3.8, 4) is 34.4 Å². The van der Waals surface area contributed by atoms with Crippen LogP contribution in [0.3, 0.4) is 0 Å². The van der Waals surface area contributed by atoms with Gasteiger partial charge >= 0.3 is 333 Å². The molecule has 5 nitrogen and oxygen atoms in total. The topological polar surface area (TPSA) is 48.5 Å². The summed E-state index contributed by atoms with van der Waals surface area (Å²) < 4.78 is 9.91. The van der Waals surface area contributed by atoms with Gasteiger partial charge in [0.25, 0.3) is 0 Å². The number of hydrogen-bond donors (Lipinski definition) is 0. The molecule has 296 valence electrons. The summed E-state index contributed by atoms with van der Waals surface area (Å²) in [5.74, 6) is 1.79. The van der Waals surface area contributed by atoms with Gasteiger partial charge in [-0.3, -0.25) is 0 Å². The van der Waals surface area contributed by atoms with Crippen LogP contribution in [0.1, 0.15) is 0 Å². The van der Waals surface area contributed by atoms with Gasteiger partial charge in [-0.15, -0.1) is 0 Å². The maximum atomic E-state index is 5.42. The Morgan fingerprint density at radius 3 is 1.11 bits per heavy atom. The Hall–Kier alpha value is -7.87. The first-order chi connectivity index (χ1) is 31.3. The second-order valence-corrected chi connectivity index (χ2v) is 24.0. The van der Waals surface area contributed by atoms with Gasteiger partial charge in [0.1, 0.15) is 0 Å². The Bertz CT molecular complexity index is 3430. The molecule has 0 atom stereocenters. The van der Waals surface area contributed by atoms with E-state index < -0.39 is 13.3 Å². The molecule has 0 radical (unpaired) electrons. The fraction of sp³-hybridized carbons (Fsp3) is 0. The molecule has 0 aliphatic carbocycles. The Morgan fingerprint density at radius 1 is 0.286 bits per heavy atom. The number of hydrogen-bond acceptors (Lipinski definition) is 3. The molecule has 0 saturated carbocycles. The number of para-hydroxylation sites is 4. The summed E-state index contributed by atoms with van der Waals surface area (Å²) in [5, 5.41) is 4.74. The first-order valence-corrected chi connectivity index (χ1v) is 25.6. The third-order valence-corrected chi connectivity index (χ3v) is 22.5. The molecule has 0 aliphatic rings. The summed E-state index contributed by atoms with van der Waals surface area (Å²) in [6.07, 6.45) is 0. The molecule has 0 spiro atoms. The van der Waals surface area contributed by atoms with E-state index >= 15 is 0 Å². The Labute approximate surface area is 367 Å². The first kappa shape index (κ1) is 36.9. The van der Waals surface area contributed by atoms with Crippen molar-refractivity contribution in [1.82, 2.24) is 24.1 Å². The molecule has 0 amide bonds. The van der Waals surface area contributed by atoms with Crippen LogP contribution < -0.4 is 17.6 Å². The zero-order chi connectivity index (χ0) is 41.7. The van der Waals surface area contributed by atoms with E-state index in [2.05, 4.69) is 246 Å². The number of benzene rings is 9. The van der Waals surface area contributed by atoms with Gasteiger partial charge in [-0.2, -0.15) is 0 Å². The van der Waals surface area contributed by atoms with Gasteiger partial charge in [-0.25, -0.2) is 0 Å². The van der Waals surface area contributed by atoms with Crippen LogP contribution in [0.5, 0.6) is 0 Å². The minimum atomic E-state index is -3.62. The molecular weight excluding hydrogens is 827 g/mol. The average Bonchev–Trinajstić information content (AvgIpc) is 3.89. The van der Waals surface area contributed by atoms with Crippen molar-refractivity contribution in [3.63, 3.8) is 0 Å². The van der Waals surface area contributed by atoms with Gasteiger partial charge in [0.15, 0.2) is 0 Å². The maximum absolute atomic E-state index is 5.42. The molecule has 6 heteroatoms. The summed E-state index contributed by atoms with van der Waals surface area (Å²) in [4.78, 5) is 16.2. The monoisotopic (exact) mass is 867 g/mol. The fourth-order valence-corrected chi connectivity index (χ4v) is 19.9. The van der Waals surface area contributed by atoms with E-state index in [9.17, 15) is 0 Å². The average molecular weight is 867 g/mol. The van der Waals surface area contributed by atoms with Crippen molar-refractivity contribution >= 4 is 74.5 Å². The molecule has 12 rings (SSSR count). The van der Waals surface area contributed by atoms with Gasteiger partial charge in [-0.1, -0.05) is 36.4 Å². The van der Waals surface area contributed by atoms with E-state index in [1.54, 1.807) is 0 Å².